The van der Waals surface area contributed by atoms with E-state index in [1.807, 2.05) is 91.1 Å². The van der Waals surface area contributed by atoms with Crippen molar-refractivity contribution in [2.75, 3.05) is 24.7 Å². The van der Waals surface area contributed by atoms with E-state index in [2.05, 4.69) is 25.7 Å². The van der Waals surface area contributed by atoms with Crippen molar-refractivity contribution in [3.05, 3.63) is 84.2 Å². The minimum Gasteiger partial charge on any atom is -0.378 e. The third kappa shape index (κ3) is 5.68. The molecule has 0 spiro atoms. The van der Waals surface area contributed by atoms with E-state index in [1.165, 1.54) is 11.8 Å². The lowest BCUT2D eigenvalue weighted by Gasteiger charge is -2.11. The van der Waals surface area contributed by atoms with Gasteiger partial charge in [-0.25, -0.2) is 5.43 Å². The van der Waals surface area contributed by atoms with E-state index >= 15 is 0 Å². The minimum absolute atomic E-state index is 0.150. The highest BCUT2D eigenvalue weighted by atomic mass is 32.2. The topological polar surface area (TPSA) is 88.3 Å². The first-order valence-electron chi connectivity index (χ1n) is 10.7. The number of carbonyl (C=O) groups excluding carboxylic acids is 1. The van der Waals surface area contributed by atoms with E-state index in [9.17, 15) is 4.79 Å². The maximum absolute atomic E-state index is 12.4. The van der Waals surface area contributed by atoms with Gasteiger partial charge >= 0.3 is 0 Å². The van der Waals surface area contributed by atoms with Crippen molar-refractivity contribution >= 4 is 29.6 Å². The molecule has 0 aliphatic heterocycles. The van der Waals surface area contributed by atoms with E-state index in [1.54, 1.807) is 18.6 Å². The zero-order chi connectivity index (χ0) is 23.9. The van der Waals surface area contributed by atoms with Gasteiger partial charge in [-0.05, 0) is 48.9 Å². The second kappa shape index (κ2) is 10.8. The molecule has 172 valence electrons. The summed E-state index contributed by atoms with van der Waals surface area (Å²) in [5, 5.41) is 13.4. The zero-order valence-corrected chi connectivity index (χ0v) is 20.0. The van der Waals surface area contributed by atoms with E-state index in [4.69, 9.17) is 0 Å². The van der Waals surface area contributed by atoms with Crippen molar-refractivity contribution in [3.8, 4) is 17.1 Å². The number of nitrogens with one attached hydrogen (secondary N) is 1. The van der Waals surface area contributed by atoms with Gasteiger partial charge in [0.15, 0.2) is 11.0 Å². The van der Waals surface area contributed by atoms with Crippen molar-refractivity contribution < 1.29 is 4.79 Å². The predicted molar refractivity (Wildman–Crippen MR) is 137 cm³/mol. The van der Waals surface area contributed by atoms with E-state index in [0.717, 1.165) is 28.1 Å². The molecule has 0 atom stereocenters. The second-order valence-electron chi connectivity index (χ2n) is 7.78. The normalized spacial score (nSPS) is 11.0. The van der Waals surface area contributed by atoms with Crippen LogP contribution in [-0.2, 0) is 4.79 Å². The summed E-state index contributed by atoms with van der Waals surface area (Å²) in [5.41, 5.74) is 7.55. The van der Waals surface area contributed by atoms with Crippen LogP contribution < -0.4 is 10.3 Å². The summed E-state index contributed by atoms with van der Waals surface area (Å²) in [4.78, 5) is 18.5. The molecule has 0 radical (unpaired) electrons. The summed E-state index contributed by atoms with van der Waals surface area (Å²) in [6.45, 7) is 2.04. The molecule has 4 rings (SSSR count). The van der Waals surface area contributed by atoms with E-state index in [0.29, 0.717) is 11.0 Å². The molecule has 0 aliphatic carbocycles. The van der Waals surface area contributed by atoms with Crippen LogP contribution in [-0.4, -0.2) is 51.7 Å². The van der Waals surface area contributed by atoms with Gasteiger partial charge in [0.05, 0.1) is 12.0 Å². The number of rotatable bonds is 8. The van der Waals surface area contributed by atoms with Gasteiger partial charge in [0.2, 0.25) is 0 Å². The Bertz CT molecular complexity index is 1270. The van der Waals surface area contributed by atoms with Gasteiger partial charge in [0.25, 0.3) is 5.91 Å². The molecule has 1 amide bonds. The monoisotopic (exact) mass is 471 g/mol. The molecule has 0 unspecified atom stereocenters. The number of thioether (sulfide) groups is 1. The van der Waals surface area contributed by atoms with Gasteiger partial charge in [-0.2, -0.15) is 5.10 Å². The first-order valence-corrected chi connectivity index (χ1v) is 11.6. The SMILES string of the molecule is Cc1ccc(-n2c(SCC(=O)NN=Cc3ccc(N(C)C)cc3)nnc2-c2ccncc2)cc1. The number of aromatic nitrogens is 4. The van der Waals surface area contributed by atoms with Crippen LogP contribution >= 0.6 is 11.8 Å². The number of carbonyl (C=O) groups is 1. The first kappa shape index (κ1) is 23.2. The number of amides is 1. The summed E-state index contributed by atoms with van der Waals surface area (Å²) in [5.74, 6) is 0.612. The maximum Gasteiger partial charge on any atom is 0.250 e. The Hall–Kier alpha value is -3.98. The fraction of sp³-hybridized carbons (Fsp3) is 0.160. The van der Waals surface area contributed by atoms with E-state index < -0.39 is 0 Å². The molecule has 4 aromatic rings. The molecule has 0 saturated heterocycles. The molecule has 2 heterocycles. The Balaban J connectivity index is 1.45. The summed E-state index contributed by atoms with van der Waals surface area (Å²) < 4.78 is 1.95. The molecule has 1 N–H and O–H groups in total. The van der Waals surface area contributed by atoms with Crippen LogP contribution in [0.1, 0.15) is 11.1 Å². The third-order valence-electron chi connectivity index (χ3n) is 5.01. The minimum atomic E-state index is -0.227. The fourth-order valence-corrected chi connectivity index (χ4v) is 3.92. The Morgan fingerprint density at radius 3 is 2.41 bits per heavy atom. The Morgan fingerprint density at radius 2 is 1.74 bits per heavy atom. The Morgan fingerprint density at radius 1 is 1.03 bits per heavy atom. The van der Waals surface area contributed by atoms with Crippen molar-refractivity contribution in [2.24, 2.45) is 5.10 Å². The average Bonchev–Trinajstić information content (AvgIpc) is 3.28. The number of anilines is 1. The summed E-state index contributed by atoms with van der Waals surface area (Å²) in [6, 6.07) is 19.8. The standard InChI is InChI=1S/C25H25N7OS/c1-18-4-8-22(9-5-18)32-24(20-12-14-26-15-13-20)29-30-25(32)34-17-23(33)28-27-16-19-6-10-21(11-7-19)31(2)3/h4-16H,17H2,1-3H3,(H,28,33). The van der Waals surface area contributed by atoms with Crippen molar-refractivity contribution in [1.29, 1.82) is 0 Å². The first-order chi connectivity index (χ1) is 16.5. The lowest BCUT2D eigenvalue weighted by atomic mass is 10.2. The smallest absolute Gasteiger partial charge is 0.250 e. The highest BCUT2D eigenvalue weighted by Crippen LogP contribution is 2.27. The highest BCUT2D eigenvalue weighted by molar-refractivity contribution is 7.99. The molecule has 0 fully saturated rings. The van der Waals surface area contributed by atoms with Crippen LogP contribution in [0, 0.1) is 6.92 Å². The van der Waals surface area contributed by atoms with Gasteiger partial charge < -0.3 is 4.90 Å². The Kier molecular flexibility index (Phi) is 7.34. The second-order valence-corrected chi connectivity index (χ2v) is 8.72. The lowest BCUT2D eigenvalue weighted by molar-refractivity contribution is -0.118. The van der Waals surface area contributed by atoms with Crippen LogP contribution in [0.25, 0.3) is 17.1 Å². The maximum atomic E-state index is 12.4. The van der Waals surface area contributed by atoms with Crippen LogP contribution in [0.15, 0.2) is 83.3 Å². The molecule has 2 aromatic carbocycles. The number of pyridine rings is 1. The summed E-state index contributed by atoms with van der Waals surface area (Å²) in [7, 11) is 3.97. The molecule has 9 heteroatoms. The number of benzene rings is 2. The molecule has 0 saturated carbocycles. The Labute approximate surface area is 202 Å². The van der Waals surface area contributed by atoms with Crippen molar-refractivity contribution in [1.82, 2.24) is 25.2 Å². The number of nitrogens with zero attached hydrogens (tertiary/aromatic N) is 6. The largest absolute Gasteiger partial charge is 0.378 e. The third-order valence-corrected chi connectivity index (χ3v) is 5.94. The van der Waals surface area contributed by atoms with Gasteiger partial charge in [-0.15, -0.1) is 10.2 Å². The zero-order valence-electron chi connectivity index (χ0n) is 19.2. The molecule has 0 bridgehead atoms. The van der Waals surface area contributed by atoms with Crippen LogP contribution in [0.5, 0.6) is 0 Å². The summed E-state index contributed by atoms with van der Waals surface area (Å²) in [6.07, 6.45) is 5.06. The van der Waals surface area contributed by atoms with Crippen LogP contribution in [0.4, 0.5) is 5.69 Å². The van der Waals surface area contributed by atoms with Crippen molar-refractivity contribution in [3.63, 3.8) is 0 Å². The molecule has 2 aromatic heterocycles. The van der Waals surface area contributed by atoms with Gasteiger partial charge in [-0.3, -0.25) is 14.3 Å². The number of hydrogen-bond donors (Lipinski definition) is 1. The van der Waals surface area contributed by atoms with Crippen molar-refractivity contribution in [2.45, 2.75) is 12.1 Å². The van der Waals surface area contributed by atoms with Gasteiger partial charge in [-0.1, -0.05) is 41.6 Å². The van der Waals surface area contributed by atoms with Gasteiger partial charge in [0, 0.05) is 43.4 Å². The number of hydrazone groups is 1. The van der Waals surface area contributed by atoms with Gasteiger partial charge in [0.1, 0.15) is 0 Å². The number of hydrogen-bond acceptors (Lipinski definition) is 7. The molecular weight excluding hydrogens is 446 g/mol. The highest BCUT2D eigenvalue weighted by Gasteiger charge is 2.17. The molecular formula is C25H25N7OS. The molecule has 8 nitrogen and oxygen atoms in total. The predicted octanol–water partition coefficient (Wildman–Crippen LogP) is 3.95. The van der Waals surface area contributed by atoms with Crippen LogP contribution in [0.2, 0.25) is 0 Å². The average molecular weight is 472 g/mol. The molecule has 0 aliphatic rings. The van der Waals surface area contributed by atoms with E-state index in [-0.39, 0.29) is 11.7 Å². The fourth-order valence-electron chi connectivity index (χ4n) is 3.18. The molecule has 34 heavy (non-hydrogen) atoms. The lowest BCUT2D eigenvalue weighted by Crippen LogP contribution is -2.20. The summed E-state index contributed by atoms with van der Waals surface area (Å²) >= 11 is 1.30. The quantitative estimate of drug-likeness (QED) is 0.238. The van der Waals surface area contributed by atoms with Crippen LogP contribution in [0.3, 0.4) is 0 Å². The number of aryl methyl sites for hydroxylation is 1.